The van der Waals surface area contributed by atoms with Crippen LogP contribution in [0.15, 0.2) is 0 Å². The molecule has 0 bridgehead atoms. The Labute approximate surface area is 155 Å². The summed E-state index contributed by atoms with van der Waals surface area (Å²) in [5, 5.41) is 30.6. The summed E-state index contributed by atoms with van der Waals surface area (Å²) in [4.78, 5) is 25.5. The van der Waals surface area contributed by atoms with Crippen LogP contribution in [0.1, 0.15) is 65.7 Å². The lowest BCUT2D eigenvalue weighted by Crippen LogP contribution is -2.62. The summed E-state index contributed by atoms with van der Waals surface area (Å²) < 4.78 is 0. The Morgan fingerprint density at radius 2 is 1.73 bits per heavy atom. The van der Waals surface area contributed by atoms with E-state index < -0.39 is 11.9 Å². The molecule has 26 heavy (non-hydrogen) atoms. The monoisotopic (exact) mass is 364 g/mol. The Hall–Kier alpha value is -0.780. The molecule has 4 rings (SSSR count). The van der Waals surface area contributed by atoms with Crippen LogP contribution in [0.4, 0.5) is 0 Å². The quantitative estimate of drug-likeness (QED) is 0.619. The second kappa shape index (κ2) is 5.62. The van der Waals surface area contributed by atoms with Gasteiger partial charge in [-0.25, -0.2) is 0 Å². The lowest BCUT2D eigenvalue weighted by atomic mass is 9.43. The van der Waals surface area contributed by atoms with E-state index in [1.165, 1.54) is 0 Å². The number of fused-ring (bicyclic) bond motifs is 5. The smallest absolute Gasteiger partial charge is 0.189 e. The molecule has 0 aromatic carbocycles. The van der Waals surface area contributed by atoms with Gasteiger partial charge in [0.2, 0.25) is 0 Å². The highest BCUT2D eigenvalue weighted by molar-refractivity contribution is 5.87. The Morgan fingerprint density at radius 3 is 2.38 bits per heavy atom. The number of hydrogen-bond donors (Lipinski definition) is 3. The Balaban J connectivity index is 1.69. The van der Waals surface area contributed by atoms with Crippen molar-refractivity contribution in [2.24, 2.45) is 40.4 Å². The van der Waals surface area contributed by atoms with E-state index in [0.717, 1.165) is 25.7 Å². The standard InChI is InChI=1S/C21H32O5/c1-11(22)14-6-7-15-13-5-4-12-8-21(25,26)17(24)10-19(12,2)18(13)16(23)9-20(14,15)3/h12-15,17-18,24-26H,4-10H2,1-3H3/t12?,13-,14+,15-,17?,18+,19-,20+/m0/s1. The zero-order valence-corrected chi connectivity index (χ0v) is 16.1. The van der Waals surface area contributed by atoms with Gasteiger partial charge in [-0.15, -0.1) is 0 Å². The number of rotatable bonds is 1. The van der Waals surface area contributed by atoms with Crippen molar-refractivity contribution >= 4 is 11.6 Å². The Kier molecular flexibility index (Phi) is 4.01. The fourth-order valence-corrected chi connectivity index (χ4v) is 7.76. The van der Waals surface area contributed by atoms with Gasteiger partial charge >= 0.3 is 0 Å². The van der Waals surface area contributed by atoms with E-state index in [1.54, 1.807) is 6.92 Å². The van der Waals surface area contributed by atoms with Gasteiger partial charge in [0.05, 0.1) is 0 Å². The summed E-state index contributed by atoms with van der Waals surface area (Å²) in [7, 11) is 0. The van der Waals surface area contributed by atoms with Crippen LogP contribution in [0, 0.1) is 40.4 Å². The number of hydrogen-bond acceptors (Lipinski definition) is 5. The number of aliphatic hydroxyl groups excluding tert-OH is 1. The van der Waals surface area contributed by atoms with Crippen LogP contribution in [0.2, 0.25) is 0 Å². The average Bonchev–Trinajstić information content (AvgIpc) is 2.85. The molecular formula is C21H32O5. The normalized spacial score (nSPS) is 52.8. The molecule has 0 radical (unpaired) electrons. The van der Waals surface area contributed by atoms with Gasteiger partial charge in [-0.3, -0.25) is 9.59 Å². The first-order valence-electron chi connectivity index (χ1n) is 10.2. The van der Waals surface area contributed by atoms with Crippen molar-refractivity contribution in [2.45, 2.75) is 77.6 Å². The molecule has 0 amide bonds. The van der Waals surface area contributed by atoms with E-state index in [4.69, 9.17) is 0 Å². The molecule has 4 aliphatic rings. The van der Waals surface area contributed by atoms with Crippen LogP contribution in [0.25, 0.3) is 0 Å². The topological polar surface area (TPSA) is 94.8 Å². The predicted molar refractivity (Wildman–Crippen MR) is 94.8 cm³/mol. The summed E-state index contributed by atoms with van der Waals surface area (Å²) in [6.45, 7) is 5.87. The van der Waals surface area contributed by atoms with Crippen LogP contribution < -0.4 is 0 Å². The predicted octanol–water partition coefficient (Wildman–Crippen LogP) is 2.06. The Morgan fingerprint density at radius 1 is 1.04 bits per heavy atom. The molecule has 2 unspecified atom stereocenters. The van der Waals surface area contributed by atoms with Crippen molar-refractivity contribution in [3.63, 3.8) is 0 Å². The number of carbonyl (C=O) groups is 2. The third-order valence-electron chi connectivity index (χ3n) is 8.95. The second-order valence-electron chi connectivity index (χ2n) is 10.2. The molecular weight excluding hydrogens is 332 g/mol. The van der Waals surface area contributed by atoms with E-state index in [0.29, 0.717) is 12.3 Å². The van der Waals surface area contributed by atoms with Crippen molar-refractivity contribution in [1.29, 1.82) is 0 Å². The molecule has 4 saturated carbocycles. The maximum absolute atomic E-state index is 13.4. The highest BCUT2D eigenvalue weighted by Crippen LogP contribution is 2.66. The largest absolute Gasteiger partial charge is 0.388 e. The van der Waals surface area contributed by atoms with Gasteiger partial charge in [0.1, 0.15) is 17.7 Å². The first kappa shape index (κ1) is 18.6. The fourth-order valence-electron chi connectivity index (χ4n) is 7.76. The minimum Gasteiger partial charge on any atom is -0.388 e. The van der Waals surface area contributed by atoms with Gasteiger partial charge in [0.15, 0.2) is 5.79 Å². The summed E-state index contributed by atoms with van der Waals surface area (Å²) in [5.74, 6) is -1.08. The van der Waals surface area contributed by atoms with E-state index in [1.807, 2.05) is 0 Å². The van der Waals surface area contributed by atoms with Crippen molar-refractivity contribution in [1.82, 2.24) is 0 Å². The molecule has 0 spiro atoms. The van der Waals surface area contributed by atoms with Crippen LogP contribution in [0.3, 0.4) is 0 Å². The lowest BCUT2D eigenvalue weighted by molar-refractivity contribution is -0.281. The summed E-state index contributed by atoms with van der Waals surface area (Å²) in [6.07, 6.45) is 3.29. The van der Waals surface area contributed by atoms with Crippen molar-refractivity contribution in [3.8, 4) is 0 Å². The van der Waals surface area contributed by atoms with E-state index in [-0.39, 0.29) is 58.9 Å². The van der Waals surface area contributed by atoms with Gasteiger partial charge in [-0.1, -0.05) is 13.8 Å². The lowest BCUT2D eigenvalue weighted by Gasteiger charge is -2.61. The molecule has 4 aliphatic carbocycles. The van der Waals surface area contributed by atoms with Crippen LogP contribution >= 0.6 is 0 Å². The van der Waals surface area contributed by atoms with E-state index in [2.05, 4.69) is 13.8 Å². The van der Waals surface area contributed by atoms with E-state index >= 15 is 0 Å². The first-order chi connectivity index (χ1) is 12.0. The molecule has 8 atom stereocenters. The summed E-state index contributed by atoms with van der Waals surface area (Å²) >= 11 is 0. The SMILES string of the molecule is CC(=O)[C@H]1CC[C@H]2[C@@H]3CCC4CC(O)(O)C(O)C[C@]4(C)[C@H]3C(=O)C[C@]12C. The molecule has 146 valence electrons. The van der Waals surface area contributed by atoms with Gasteiger partial charge < -0.3 is 15.3 Å². The molecule has 0 heterocycles. The first-order valence-corrected chi connectivity index (χ1v) is 10.2. The number of aliphatic hydroxyl groups is 3. The van der Waals surface area contributed by atoms with Crippen LogP contribution in [-0.2, 0) is 9.59 Å². The average molecular weight is 364 g/mol. The van der Waals surface area contributed by atoms with Gasteiger partial charge in [0, 0.05) is 24.7 Å². The molecule has 3 N–H and O–H groups in total. The second-order valence-corrected chi connectivity index (χ2v) is 10.2. The number of carbonyl (C=O) groups excluding carboxylic acids is 2. The molecule has 0 aromatic rings. The van der Waals surface area contributed by atoms with Crippen molar-refractivity contribution in [2.75, 3.05) is 0 Å². The van der Waals surface area contributed by atoms with E-state index in [9.17, 15) is 24.9 Å². The van der Waals surface area contributed by atoms with Crippen LogP contribution in [0.5, 0.6) is 0 Å². The third kappa shape index (κ3) is 2.33. The number of Topliss-reactive ketones (excluding diaryl/α,β-unsaturated/α-hetero) is 2. The molecule has 5 nitrogen and oxygen atoms in total. The highest BCUT2D eigenvalue weighted by atomic mass is 16.5. The molecule has 0 saturated heterocycles. The van der Waals surface area contributed by atoms with Gasteiger partial charge in [-0.2, -0.15) is 0 Å². The third-order valence-corrected chi connectivity index (χ3v) is 8.95. The number of ketones is 2. The van der Waals surface area contributed by atoms with Gasteiger partial charge in [0.25, 0.3) is 0 Å². The van der Waals surface area contributed by atoms with Gasteiger partial charge in [-0.05, 0) is 67.6 Å². The molecule has 5 heteroatoms. The highest BCUT2D eigenvalue weighted by Gasteiger charge is 2.65. The minimum atomic E-state index is -2.05. The molecule has 0 aliphatic heterocycles. The zero-order valence-electron chi connectivity index (χ0n) is 16.1. The fraction of sp³-hybridized carbons (Fsp3) is 0.905. The summed E-state index contributed by atoms with van der Waals surface area (Å²) in [6, 6.07) is 0. The van der Waals surface area contributed by atoms with Crippen molar-refractivity contribution in [3.05, 3.63) is 0 Å². The Bertz CT molecular complexity index is 642. The maximum Gasteiger partial charge on any atom is 0.189 e. The molecule has 0 aromatic heterocycles. The van der Waals surface area contributed by atoms with Crippen LogP contribution in [-0.4, -0.2) is 38.8 Å². The van der Waals surface area contributed by atoms with Crippen molar-refractivity contribution < 1.29 is 24.9 Å². The zero-order chi connectivity index (χ0) is 19.1. The summed E-state index contributed by atoms with van der Waals surface area (Å²) in [5.41, 5.74) is -0.609. The maximum atomic E-state index is 13.4. The molecule has 4 fully saturated rings. The minimum absolute atomic E-state index is 0.0117.